The maximum absolute atomic E-state index is 12.7. The second-order valence-corrected chi connectivity index (χ2v) is 7.44. The molecular formula is C22H27ClN2O3. The van der Waals surface area contributed by atoms with Gasteiger partial charge in [-0.05, 0) is 61.3 Å². The Morgan fingerprint density at radius 2 is 1.96 bits per heavy atom. The van der Waals surface area contributed by atoms with Gasteiger partial charge in [-0.15, -0.1) is 0 Å². The molecule has 0 unspecified atom stereocenters. The van der Waals surface area contributed by atoms with Gasteiger partial charge in [0.1, 0.15) is 0 Å². The van der Waals surface area contributed by atoms with E-state index in [-0.39, 0.29) is 18.0 Å². The fourth-order valence-electron chi connectivity index (χ4n) is 3.97. The third-order valence-electron chi connectivity index (χ3n) is 5.35. The van der Waals surface area contributed by atoms with E-state index in [0.717, 1.165) is 25.3 Å². The number of benzene rings is 2. The van der Waals surface area contributed by atoms with Crippen molar-refractivity contribution >= 4 is 17.5 Å². The van der Waals surface area contributed by atoms with Crippen molar-refractivity contribution in [3.05, 3.63) is 58.1 Å². The first kappa shape index (κ1) is 20.5. The Balaban J connectivity index is 1.91. The number of likely N-dealkylation sites (N-methyl/N-ethyl adjacent to an activating group) is 1. The molecule has 2 aromatic rings. The topological polar surface area (TPSA) is 50.8 Å². The third kappa shape index (κ3) is 4.10. The number of ether oxygens (including phenoxy) is 2. The summed E-state index contributed by atoms with van der Waals surface area (Å²) in [4.78, 5) is 15.1. The average molecular weight is 403 g/mol. The molecule has 1 heterocycles. The number of amides is 1. The molecule has 1 aliphatic rings. The van der Waals surface area contributed by atoms with E-state index in [1.54, 1.807) is 38.5 Å². The Morgan fingerprint density at radius 1 is 1.25 bits per heavy atom. The molecule has 2 atom stereocenters. The van der Waals surface area contributed by atoms with Crippen LogP contribution in [0.15, 0.2) is 36.4 Å². The fourth-order valence-corrected chi connectivity index (χ4v) is 4.16. The summed E-state index contributed by atoms with van der Waals surface area (Å²) >= 11 is 6.03. The Labute approximate surface area is 171 Å². The first-order valence-corrected chi connectivity index (χ1v) is 9.91. The van der Waals surface area contributed by atoms with Crippen LogP contribution >= 0.6 is 11.6 Å². The lowest BCUT2D eigenvalue weighted by atomic mass is 9.88. The van der Waals surface area contributed by atoms with Crippen LogP contribution < -0.4 is 14.8 Å². The number of fused-ring (bicyclic) bond motifs is 1. The third-order valence-corrected chi connectivity index (χ3v) is 5.59. The van der Waals surface area contributed by atoms with Gasteiger partial charge in [0, 0.05) is 23.2 Å². The van der Waals surface area contributed by atoms with E-state index < -0.39 is 0 Å². The second-order valence-electron chi connectivity index (χ2n) is 7.00. The number of halogens is 1. The quantitative estimate of drug-likeness (QED) is 0.790. The molecule has 0 spiro atoms. The second kappa shape index (κ2) is 8.84. The van der Waals surface area contributed by atoms with E-state index >= 15 is 0 Å². The van der Waals surface area contributed by atoms with Gasteiger partial charge in [-0.1, -0.05) is 24.6 Å². The van der Waals surface area contributed by atoms with Crippen molar-refractivity contribution in [1.82, 2.24) is 10.2 Å². The van der Waals surface area contributed by atoms with Crippen LogP contribution in [0.25, 0.3) is 0 Å². The van der Waals surface area contributed by atoms with Crippen LogP contribution in [0, 0.1) is 0 Å². The summed E-state index contributed by atoms with van der Waals surface area (Å²) < 4.78 is 11.0. The zero-order chi connectivity index (χ0) is 20.3. The van der Waals surface area contributed by atoms with Crippen LogP contribution in [0.5, 0.6) is 11.5 Å². The van der Waals surface area contributed by atoms with E-state index in [2.05, 4.69) is 23.2 Å². The van der Waals surface area contributed by atoms with Crippen molar-refractivity contribution in [2.75, 3.05) is 27.3 Å². The summed E-state index contributed by atoms with van der Waals surface area (Å²) in [5, 5.41) is 3.70. The van der Waals surface area contributed by atoms with E-state index in [1.165, 1.54) is 11.1 Å². The molecule has 150 valence electrons. The van der Waals surface area contributed by atoms with Gasteiger partial charge in [0.2, 0.25) is 0 Å². The molecule has 0 radical (unpaired) electrons. The highest BCUT2D eigenvalue weighted by Gasteiger charge is 2.33. The van der Waals surface area contributed by atoms with Crippen molar-refractivity contribution < 1.29 is 14.3 Å². The van der Waals surface area contributed by atoms with Gasteiger partial charge in [-0.3, -0.25) is 9.69 Å². The molecule has 6 heteroatoms. The SMILES string of the molecule is CCN1CCc2cc(OC)c(OC)cc2[C@H]1[C@H](C)NC(=O)c1cccc(Cl)c1. The molecule has 28 heavy (non-hydrogen) atoms. The largest absolute Gasteiger partial charge is 0.493 e. The summed E-state index contributed by atoms with van der Waals surface area (Å²) in [5.74, 6) is 1.32. The summed E-state index contributed by atoms with van der Waals surface area (Å²) in [7, 11) is 3.29. The van der Waals surface area contributed by atoms with Crippen LogP contribution in [-0.4, -0.2) is 44.2 Å². The van der Waals surface area contributed by atoms with Gasteiger partial charge >= 0.3 is 0 Å². The Bertz CT molecular complexity index is 856. The van der Waals surface area contributed by atoms with E-state index in [9.17, 15) is 4.79 Å². The number of rotatable bonds is 6. The Morgan fingerprint density at radius 3 is 2.61 bits per heavy atom. The number of nitrogens with one attached hydrogen (secondary N) is 1. The molecule has 0 saturated heterocycles. The van der Waals surface area contributed by atoms with Crippen molar-refractivity contribution in [3.63, 3.8) is 0 Å². The van der Waals surface area contributed by atoms with Crippen LogP contribution in [0.2, 0.25) is 5.02 Å². The lowest BCUT2D eigenvalue weighted by Gasteiger charge is -2.40. The van der Waals surface area contributed by atoms with Gasteiger partial charge in [-0.2, -0.15) is 0 Å². The van der Waals surface area contributed by atoms with E-state index in [1.807, 2.05) is 13.0 Å². The summed E-state index contributed by atoms with van der Waals surface area (Å²) in [6.07, 6.45) is 0.939. The number of nitrogens with zero attached hydrogens (tertiary/aromatic N) is 1. The minimum absolute atomic E-state index is 0.0525. The average Bonchev–Trinajstić information content (AvgIpc) is 2.71. The van der Waals surface area contributed by atoms with Crippen molar-refractivity contribution in [1.29, 1.82) is 0 Å². The smallest absolute Gasteiger partial charge is 0.251 e. The van der Waals surface area contributed by atoms with Crippen LogP contribution in [0.4, 0.5) is 0 Å². The maximum Gasteiger partial charge on any atom is 0.251 e. The number of methoxy groups -OCH3 is 2. The molecule has 1 amide bonds. The molecule has 5 nitrogen and oxygen atoms in total. The van der Waals surface area contributed by atoms with Gasteiger partial charge in [-0.25, -0.2) is 0 Å². The van der Waals surface area contributed by atoms with Gasteiger partial charge in [0.05, 0.1) is 20.3 Å². The first-order valence-electron chi connectivity index (χ1n) is 9.53. The Hall–Kier alpha value is -2.24. The van der Waals surface area contributed by atoms with Crippen LogP contribution in [0.3, 0.4) is 0 Å². The highest BCUT2D eigenvalue weighted by atomic mass is 35.5. The molecular weight excluding hydrogens is 376 g/mol. The molecule has 3 rings (SSSR count). The van der Waals surface area contributed by atoms with Gasteiger partial charge in [0.15, 0.2) is 11.5 Å². The highest BCUT2D eigenvalue weighted by Crippen LogP contribution is 2.39. The lowest BCUT2D eigenvalue weighted by Crippen LogP contribution is -2.47. The lowest BCUT2D eigenvalue weighted by molar-refractivity contribution is 0.0889. The summed E-state index contributed by atoms with van der Waals surface area (Å²) in [6.45, 7) is 6.02. The Kier molecular flexibility index (Phi) is 6.47. The zero-order valence-electron chi connectivity index (χ0n) is 16.8. The summed E-state index contributed by atoms with van der Waals surface area (Å²) in [6, 6.07) is 11.1. The summed E-state index contributed by atoms with van der Waals surface area (Å²) in [5.41, 5.74) is 2.96. The van der Waals surface area contributed by atoms with Crippen LogP contribution in [0.1, 0.15) is 41.4 Å². The molecule has 0 saturated carbocycles. The first-order chi connectivity index (χ1) is 13.5. The number of carbonyl (C=O) groups is 1. The van der Waals surface area contributed by atoms with Crippen LogP contribution in [-0.2, 0) is 6.42 Å². The number of carbonyl (C=O) groups excluding carboxylic acids is 1. The maximum atomic E-state index is 12.7. The normalized spacial score (nSPS) is 17.5. The minimum atomic E-state index is -0.126. The zero-order valence-corrected chi connectivity index (χ0v) is 17.5. The predicted molar refractivity (Wildman–Crippen MR) is 112 cm³/mol. The minimum Gasteiger partial charge on any atom is -0.493 e. The van der Waals surface area contributed by atoms with E-state index in [4.69, 9.17) is 21.1 Å². The van der Waals surface area contributed by atoms with Crippen molar-refractivity contribution in [2.24, 2.45) is 0 Å². The number of hydrogen-bond acceptors (Lipinski definition) is 4. The molecule has 1 aliphatic heterocycles. The molecule has 0 aliphatic carbocycles. The molecule has 1 N–H and O–H groups in total. The predicted octanol–water partition coefficient (Wildman–Crippen LogP) is 4.09. The molecule has 0 bridgehead atoms. The highest BCUT2D eigenvalue weighted by molar-refractivity contribution is 6.30. The van der Waals surface area contributed by atoms with E-state index in [0.29, 0.717) is 16.3 Å². The number of hydrogen-bond donors (Lipinski definition) is 1. The molecule has 0 fully saturated rings. The molecule has 0 aromatic heterocycles. The monoisotopic (exact) mass is 402 g/mol. The standard InChI is InChI=1S/C22H27ClN2O3/c1-5-25-10-9-15-12-19(27-3)20(28-4)13-18(15)21(25)14(2)24-22(26)16-7-6-8-17(23)11-16/h6-8,11-14,21H,5,9-10H2,1-4H3,(H,24,26)/t14-,21+/m0/s1. The van der Waals surface area contributed by atoms with Gasteiger partial charge in [0.25, 0.3) is 5.91 Å². The fraction of sp³-hybridized carbons (Fsp3) is 0.409. The van der Waals surface area contributed by atoms with Gasteiger partial charge < -0.3 is 14.8 Å². The van der Waals surface area contributed by atoms with Crippen molar-refractivity contribution in [2.45, 2.75) is 32.4 Å². The van der Waals surface area contributed by atoms with Crippen molar-refractivity contribution in [3.8, 4) is 11.5 Å². The molecule has 2 aromatic carbocycles.